The molecule has 0 aliphatic heterocycles. The summed E-state index contributed by atoms with van der Waals surface area (Å²) in [6, 6.07) is 10.6. The molecule has 1 aromatic carbocycles. The van der Waals surface area contributed by atoms with E-state index in [0.717, 1.165) is 5.56 Å². The minimum Gasteiger partial charge on any atom is -0.497 e. The van der Waals surface area contributed by atoms with E-state index in [9.17, 15) is 4.79 Å². The van der Waals surface area contributed by atoms with Crippen LogP contribution in [0.25, 0.3) is 17.1 Å². The number of hydrogen-bond donors (Lipinski definition) is 0. The quantitative estimate of drug-likeness (QED) is 0.447. The maximum Gasteiger partial charge on any atom is 0.277 e. The lowest BCUT2D eigenvalue weighted by atomic mass is 10.2. The number of aromatic nitrogens is 4. The topological polar surface area (TPSA) is 91.8 Å². The van der Waals surface area contributed by atoms with Gasteiger partial charge in [-0.25, -0.2) is 4.98 Å². The number of ether oxygens (including phenoxy) is 2. The zero-order valence-electron chi connectivity index (χ0n) is 16.1. The summed E-state index contributed by atoms with van der Waals surface area (Å²) in [6.45, 7) is 1.92. The Morgan fingerprint density at radius 1 is 1.10 bits per heavy atom. The van der Waals surface area contributed by atoms with Gasteiger partial charge in [0.25, 0.3) is 10.8 Å². The first-order valence-electron chi connectivity index (χ1n) is 8.75. The van der Waals surface area contributed by atoms with Crippen LogP contribution in [0.4, 0.5) is 0 Å². The molecule has 0 aliphatic carbocycles. The van der Waals surface area contributed by atoms with Crippen LogP contribution in [0.1, 0.15) is 11.3 Å². The van der Waals surface area contributed by atoms with Gasteiger partial charge in [0.05, 0.1) is 19.9 Å². The van der Waals surface area contributed by atoms with Crippen LogP contribution in [-0.4, -0.2) is 33.8 Å². The molecule has 3 heterocycles. The number of pyridine rings is 1. The molecule has 9 heteroatoms. The van der Waals surface area contributed by atoms with Crippen molar-refractivity contribution in [1.29, 1.82) is 0 Å². The molecule has 148 valence electrons. The van der Waals surface area contributed by atoms with E-state index in [2.05, 4.69) is 15.2 Å². The second-order valence-electron chi connectivity index (χ2n) is 6.23. The first kappa shape index (κ1) is 19.0. The Balaban J connectivity index is 1.56. The van der Waals surface area contributed by atoms with Crippen molar-refractivity contribution in [2.45, 2.75) is 17.9 Å². The fourth-order valence-corrected chi connectivity index (χ4v) is 3.49. The van der Waals surface area contributed by atoms with Crippen molar-refractivity contribution < 1.29 is 13.9 Å². The zero-order valence-corrected chi connectivity index (χ0v) is 16.9. The predicted molar refractivity (Wildman–Crippen MR) is 109 cm³/mol. The van der Waals surface area contributed by atoms with Gasteiger partial charge in [-0.3, -0.25) is 9.20 Å². The lowest BCUT2D eigenvalue weighted by molar-refractivity contribution is 0.394. The van der Waals surface area contributed by atoms with E-state index < -0.39 is 0 Å². The minimum atomic E-state index is -0.121. The standard InChI is InChI=1S/C20H18N4O4S/c1-12-5-4-6-24-17(25)9-14(21-18(12)24)11-29-20-23-22-19(28-20)13-7-15(26-2)10-16(8-13)27-3/h4-10H,11H2,1-3H3. The predicted octanol–water partition coefficient (Wildman–Crippen LogP) is 3.36. The summed E-state index contributed by atoms with van der Waals surface area (Å²) in [5.41, 5.74) is 2.80. The van der Waals surface area contributed by atoms with Crippen molar-refractivity contribution in [1.82, 2.24) is 19.6 Å². The summed E-state index contributed by atoms with van der Waals surface area (Å²) in [6.07, 6.45) is 1.71. The van der Waals surface area contributed by atoms with Crippen LogP contribution >= 0.6 is 11.8 Å². The molecule has 0 fully saturated rings. The van der Waals surface area contributed by atoms with Crippen LogP contribution in [0.3, 0.4) is 0 Å². The Kier molecular flexibility index (Phi) is 5.22. The number of thioether (sulfide) groups is 1. The number of hydrogen-bond acceptors (Lipinski definition) is 8. The Bertz CT molecular complexity index is 1210. The van der Waals surface area contributed by atoms with E-state index in [-0.39, 0.29) is 5.56 Å². The molecule has 3 aromatic heterocycles. The largest absolute Gasteiger partial charge is 0.497 e. The maximum absolute atomic E-state index is 12.3. The van der Waals surface area contributed by atoms with Crippen molar-refractivity contribution in [2.75, 3.05) is 14.2 Å². The fourth-order valence-electron chi connectivity index (χ4n) is 2.83. The maximum atomic E-state index is 12.3. The highest BCUT2D eigenvalue weighted by Gasteiger charge is 2.13. The molecule has 0 atom stereocenters. The van der Waals surface area contributed by atoms with E-state index >= 15 is 0 Å². The Labute approximate surface area is 170 Å². The molecular formula is C20H18N4O4S. The van der Waals surface area contributed by atoms with Gasteiger partial charge in [0.1, 0.15) is 17.1 Å². The molecule has 0 aliphatic rings. The van der Waals surface area contributed by atoms with Crippen LogP contribution in [0.5, 0.6) is 11.5 Å². The number of methoxy groups -OCH3 is 2. The summed E-state index contributed by atoms with van der Waals surface area (Å²) in [5, 5.41) is 8.55. The zero-order chi connectivity index (χ0) is 20.4. The highest BCUT2D eigenvalue weighted by Crippen LogP contribution is 2.31. The van der Waals surface area contributed by atoms with E-state index in [1.807, 2.05) is 19.1 Å². The third-order valence-electron chi connectivity index (χ3n) is 4.29. The van der Waals surface area contributed by atoms with Gasteiger partial charge in [0.2, 0.25) is 5.89 Å². The number of aryl methyl sites for hydroxylation is 1. The summed E-state index contributed by atoms with van der Waals surface area (Å²) in [4.78, 5) is 16.9. The molecule has 0 bridgehead atoms. The highest BCUT2D eigenvalue weighted by molar-refractivity contribution is 7.98. The van der Waals surface area contributed by atoms with Crippen LogP contribution in [0.15, 0.2) is 57.0 Å². The number of fused-ring (bicyclic) bond motifs is 1. The molecule has 8 nitrogen and oxygen atoms in total. The monoisotopic (exact) mass is 410 g/mol. The third-order valence-corrected chi connectivity index (χ3v) is 5.14. The van der Waals surface area contributed by atoms with Gasteiger partial charge in [-0.05, 0) is 30.7 Å². The first-order chi connectivity index (χ1) is 14.1. The van der Waals surface area contributed by atoms with Gasteiger partial charge in [0.15, 0.2) is 0 Å². The highest BCUT2D eigenvalue weighted by atomic mass is 32.2. The third kappa shape index (κ3) is 3.95. The molecule has 0 amide bonds. The van der Waals surface area contributed by atoms with Crippen molar-refractivity contribution in [3.05, 3.63) is 64.2 Å². The van der Waals surface area contributed by atoms with Gasteiger partial charge in [-0.1, -0.05) is 17.8 Å². The summed E-state index contributed by atoms with van der Waals surface area (Å²) in [7, 11) is 3.16. The molecular weight excluding hydrogens is 392 g/mol. The van der Waals surface area contributed by atoms with Gasteiger partial charge >= 0.3 is 0 Å². The average Bonchev–Trinajstić information content (AvgIpc) is 3.22. The van der Waals surface area contributed by atoms with Crippen molar-refractivity contribution >= 4 is 17.4 Å². The van der Waals surface area contributed by atoms with Gasteiger partial charge in [-0.15, -0.1) is 10.2 Å². The van der Waals surface area contributed by atoms with E-state index in [1.54, 1.807) is 38.6 Å². The molecule has 29 heavy (non-hydrogen) atoms. The van der Waals surface area contributed by atoms with Gasteiger partial charge < -0.3 is 13.9 Å². The van der Waals surface area contributed by atoms with Gasteiger partial charge in [-0.2, -0.15) is 0 Å². The Morgan fingerprint density at radius 3 is 2.59 bits per heavy atom. The molecule has 0 saturated heterocycles. The normalized spacial score (nSPS) is 11.0. The molecule has 0 spiro atoms. The Morgan fingerprint density at radius 2 is 1.86 bits per heavy atom. The van der Waals surface area contributed by atoms with Crippen molar-refractivity contribution in [2.24, 2.45) is 0 Å². The molecule has 4 rings (SSSR count). The smallest absolute Gasteiger partial charge is 0.277 e. The lowest BCUT2D eigenvalue weighted by Crippen LogP contribution is -2.15. The molecule has 0 saturated carbocycles. The van der Waals surface area contributed by atoms with Crippen molar-refractivity contribution in [3.63, 3.8) is 0 Å². The Hall–Kier alpha value is -3.33. The summed E-state index contributed by atoms with van der Waals surface area (Å²) >= 11 is 1.32. The number of nitrogens with zero attached hydrogens (tertiary/aromatic N) is 4. The molecule has 0 unspecified atom stereocenters. The van der Waals surface area contributed by atoms with E-state index in [0.29, 0.717) is 45.3 Å². The molecule has 0 radical (unpaired) electrons. The lowest BCUT2D eigenvalue weighted by Gasteiger charge is -2.06. The summed E-state index contributed by atoms with van der Waals surface area (Å²) in [5.74, 6) is 2.04. The summed E-state index contributed by atoms with van der Waals surface area (Å²) < 4.78 is 17.8. The van der Waals surface area contributed by atoms with Gasteiger partial charge in [0, 0.05) is 29.6 Å². The first-order valence-corrected chi connectivity index (χ1v) is 9.73. The second-order valence-corrected chi connectivity index (χ2v) is 7.16. The average molecular weight is 410 g/mol. The van der Waals surface area contributed by atoms with E-state index in [1.165, 1.54) is 22.2 Å². The number of benzene rings is 1. The van der Waals surface area contributed by atoms with Crippen LogP contribution < -0.4 is 15.0 Å². The fraction of sp³-hybridized carbons (Fsp3) is 0.200. The van der Waals surface area contributed by atoms with Crippen molar-refractivity contribution in [3.8, 4) is 23.0 Å². The second kappa shape index (κ2) is 7.96. The van der Waals surface area contributed by atoms with Crippen LogP contribution in [-0.2, 0) is 5.75 Å². The number of rotatable bonds is 6. The minimum absolute atomic E-state index is 0.121. The van der Waals surface area contributed by atoms with E-state index in [4.69, 9.17) is 13.9 Å². The SMILES string of the molecule is COc1cc(OC)cc(-c2nnc(SCc3cc(=O)n4cccc(C)c4n3)o2)c1. The molecule has 0 N–H and O–H groups in total. The molecule has 4 aromatic rings. The van der Waals surface area contributed by atoms with Crippen LogP contribution in [0.2, 0.25) is 0 Å². The van der Waals surface area contributed by atoms with Crippen LogP contribution in [0, 0.1) is 6.92 Å².